The van der Waals surface area contributed by atoms with Gasteiger partial charge in [-0.3, -0.25) is 9.59 Å². The first kappa shape index (κ1) is 12.0. The van der Waals surface area contributed by atoms with Gasteiger partial charge in [0.2, 0.25) is 0 Å². The molecule has 0 aromatic heterocycles. The van der Waals surface area contributed by atoms with Crippen molar-refractivity contribution in [2.24, 2.45) is 0 Å². The largest absolute Gasteiger partial charge is 0.299 e. The number of Topliss-reactive ketones (excluding diaryl/α,β-unsaturated/α-hetero) is 2. The van der Waals surface area contributed by atoms with Crippen molar-refractivity contribution < 1.29 is 9.59 Å². The van der Waals surface area contributed by atoms with Crippen LogP contribution in [-0.4, -0.2) is 11.6 Å². The standard InChI is InChI=1S/C15H18O2/c1-9-4-10(2)11(3)15(5-9)12-6-13(16)8-14(17)7-12/h4-5,12H,6-8H2,1-3H3. The minimum Gasteiger partial charge on any atom is -0.299 e. The fourth-order valence-electron chi connectivity index (χ4n) is 2.70. The van der Waals surface area contributed by atoms with Gasteiger partial charge < -0.3 is 0 Å². The first-order chi connectivity index (χ1) is 7.97. The molecule has 0 aliphatic heterocycles. The van der Waals surface area contributed by atoms with Gasteiger partial charge in [0.05, 0.1) is 6.42 Å². The first-order valence-electron chi connectivity index (χ1n) is 6.08. The molecule has 0 N–H and O–H groups in total. The van der Waals surface area contributed by atoms with Gasteiger partial charge in [-0.2, -0.15) is 0 Å². The fourth-order valence-corrected chi connectivity index (χ4v) is 2.70. The molecule has 0 saturated heterocycles. The number of rotatable bonds is 1. The Morgan fingerprint density at radius 2 is 1.59 bits per heavy atom. The Morgan fingerprint density at radius 3 is 2.18 bits per heavy atom. The maximum absolute atomic E-state index is 11.5. The first-order valence-corrected chi connectivity index (χ1v) is 6.08. The number of carbonyl (C=O) groups excluding carboxylic acids is 2. The van der Waals surface area contributed by atoms with Crippen LogP contribution in [0.2, 0.25) is 0 Å². The number of hydrogen-bond donors (Lipinski definition) is 0. The molecule has 0 bridgehead atoms. The van der Waals surface area contributed by atoms with Gasteiger partial charge in [0.15, 0.2) is 0 Å². The zero-order valence-corrected chi connectivity index (χ0v) is 10.7. The van der Waals surface area contributed by atoms with Crippen molar-refractivity contribution in [3.05, 3.63) is 34.4 Å². The van der Waals surface area contributed by atoms with Crippen LogP contribution in [0.25, 0.3) is 0 Å². The van der Waals surface area contributed by atoms with Crippen molar-refractivity contribution in [3.8, 4) is 0 Å². The number of hydrogen-bond acceptors (Lipinski definition) is 2. The Bertz CT molecular complexity index is 470. The van der Waals surface area contributed by atoms with Crippen LogP contribution in [0.4, 0.5) is 0 Å². The van der Waals surface area contributed by atoms with Crippen LogP contribution < -0.4 is 0 Å². The molecule has 0 heterocycles. The van der Waals surface area contributed by atoms with Crippen LogP contribution >= 0.6 is 0 Å². The van der Waals surface area contributed by atoms with E-state index in [4.69, 9.17) is 0 Å². The third-order valence-corrected chi connectivity index (χ3v) is 3.63. The van der Waals surface area contributed by atoms with Crippen LogP contribution in [-0.2, 0) is 9.59 Å². The lowest BCUT2D eigenvalue weighted by molar-refractivity contribution is -0.130. The van der Waals surface area contributed by atoms with Crippen LogP contribution in [0.15, 0.2) is 12.1 Å². The second kappa shape index (κ2) is 4.44. The monoisotopic (exact) mass is 230 g/mol. The number of carbonyl (C=O) groups is 2. The maximum Gasteiger partial charge on any atom is 0.140 e. The average molecular weight is 230 g/mol. The van der Waals surface area contributed by atoms with Crippen molar-refractivity contribution >= 4 is 11.6 Å². The lowest BCUT2D eigenvalue weighted by atomic mass is 9.80. The van der Waals surface area contributed by atoms with Crippen molar-refractivity contribution in [1.29, 1.82) is 0 Å². The molecule has 0 spiro atoms. The predicted molar refractivity (Wildman–Crippen MR) is 67.3 cm³/mol. The lowest BCUT2D eigenvalue weighted by Gasteiger charge is -2.23. The molecule has 0 amide bonds. The van der Waals surface area contributed by atoms with E-state index in [1.807, 2.05) is 0 Å². The van der Waals surface area contributed by atoms with Gasteiger partial charge in [-0.05, 0) is 43.4 Å². The summed E-state index contributed by atoms with van der Waals surface area (Å²) < 4.78 is 0. The Balaban J connectivity index is 2.39. The highest BCUT2D eigenvalue weighted by molar-refractivity contribution is 6.02. The van der Waals surface area contributed by atoms with E-state index in [1.54, 1.807) is 0 Å². The van der Waals surface area contributed by atoms with Crippen molar-refractivity contribution in [3.63, 3.8) is 0 Å². The van der Waals surface area contributed by atoms with E-state index in [-0.39, 0.29) is 23.9 Å². The van der Waals surface area contributed by atoms with Gasteiger partial charge in [0.1, 0.15) is 11.6 Å². The smallest absolute Gasteiger partial charge is 0.140 e. The maximum atomic E-state index is 11.5. The van der Waals surface area contributed by atoms with Gasteiger partial charge >= 0.3 is 0 Å². The van der Waals surface area contributed by atoms with E-state index in [0.29, 0.717) is 12.8 Å². The van der Waals surface area contributed by atoms with Gasteiger partial charge in [0.25, 0.3) is 0 Å². The summed E-state index contributed by atoms with van der Waals surface area (Å²) in [6.45, 7) is 6.22. The molecule has 2 heteroatoms. The number of aryl methyl sites for hydroxylation is 2. The Kier molecular flexibility index (Phi) is 3.14. The summed E-state index contributed by atoms with van der Waals surface area (Å²) in [5.41, 5.74) is 4.85. The lowest BCUT2D eigenvalue weighted by Crippen LogP contribution is -2.22. The molecule has 1 aliphatic rings. The second-order valence-electron chi connectivity index (χ2n) is 5.16. The zero-order valence-electron chi connectivity index (χ0n) is 10.7. The Morgan fingerprint density at radius 1 is 1.00 bits per heavy atom. The molecular formula is C15H18O2. The third-order valence-electron chi connectivity index (χ3n) is 3.63. The molecule has 2 rings (SSSR count). The van der Waals surface area contributed by atoms with E-state index < -0.39 is 0 Å². The van der Waals surface area contributed by atoms with Crippen molar-refractivity contribution in [1.82, 2.24) is 0 Å². The van der Waals surface area contributed by atoms with Crippen LogP contribution in [0.5, 0.6) is 0 Å². The molecule has 17 heavy (non-hydrogen) atoms. The van der Waals surface area contributed by atoms with E-state index in [9.17, 15) is 9.59 Å². The summed E-state index contributed by atoms with van der Waals surface area (Å²) in [4.78, 5) is 23.0. The summed E-state index contributed by atoms with van der Waals surface area (Å²) in [5.74, 6) is 0.275. The molecule has 90 valence electrons. The SMILES string of the molecule is Cc1cc(C)c(C)c(C2CC(=O)CC(=O)C2)c1. The minimum absolute atomic E-state index is 0.0878. The molecule has 1 fully saturated rings. The second-order valence-corrected chi connectivity index (χ2v) is 5.16. The molecule has 1 aromatic rings. The number of benzene rings is 1. The van der Waals surface area contributed by atoms with Gasteiger partial charge in [0, 0.05) is 12.8 Å². The molecular weight excluding hydrogens is 212 g/mol. The van der Waals surface area contributed by atoms with Crippen molar-refractivity contribution in [2.45, 2.75) is 46.0 Å². The quantitative estimate of drug-likeness (QED) is 0.695. The average Bonchev–Trinajstić information content (AvgIpc) is 2.22. The minimum atomic E-state index is 0.0878. The molecule has 0 radical (unpaired) electrons. The predicted octanol–water partition coefficient (Wildman–Crippen LogP) is 3.02. The Hall–Kier alpha value is -1.44. The highest BCUT2D eigenvalue weighted by Gasteiger charge is 2.27. The zero-order chi connectivity index (χ0) is 12.6. The van der Waals surface area contributed by atoms with Crippen molar-refractivity contribution in [2.75, 3.05) is 0 Å². The summed E-state index contributed by atoms with van der Waals surface area (Å²) in [6.07, 6.45) is 1.19. The fraction of sp³-hybridized carbons (Fsp3) is 0.467. The molecule has 1 aromatic carbocycles. The van der Waals surface area contributed by atoms with E-state index in [0.717, 1.165) is 0 Å². The van der Waals surface area contributed by atoms with E-state index in [1.165, 1.54) is 22.3 Å². The highest BCUT2D eigenvalue weighted by Crippen LogP contribution is 2.33. The van der Waals surface area contributed by atoms with Gasteiger partial charge in [-0.1, -0.05) is 17.7 Å². The normalized spacial score (nSPS) is 17.6. The Labute approximate surface area is 102 Å². The molecule has 2 nitrogen and oxygen atoms in total. The summed E-state index contributed by atoms with van der Waals surface area (Å²) >= 11 is 0. The van der Waals surface area contributed by atoms with E-state index in [2.05, 4.69) is 32.9 Å². The van der Waals surface area contributed by atoms with Gasteiger partial charge in [-0.25, -0.2) is 0 Å². The molecule has 0 unspecified atom stereocenters. The third kappa shape index (κ3) is 2.46. The van der Waals surface area contributed by atoms with Crippen LogP contribution in [0.3, 0.4) is 0 Å². The van der Waals surface area contributed by atoms with Crippen LogP contribution in [0, 0.1) is 20.8 Å². The van der Waals surface area contributed by atoms with Gasteiger partial charge in [-0.15, -0.1) is 0 Å². The topological polar surface area (TPSA) is 34.1 Å². The molecule has 0 atom stereocenters. The highest BCUT2D eigenvalue weighted by atomic mass is 16.1. The number of ketones is 2. The summed E-state index contributed by atoms with van der Waals surface area (Å²) in [7, 11) is 0. The van der Waals surface area contributed by atoms with Crippen LogP contribution in [0.1, 0.15) is 47.4 Å². The summed E-state index contributed by atoms with van der Waals surface area (Å²) in [6, 6.07) is 4.27. The van der Waals surface area contributed by atoms with E-state index >= 15 is 0 Å². The summed E-state index contributed by atoms with van der Waals surface area (Å²) in [5, 5.41) is 0. The molecule has 1 saturated carbocycles. The molecule has 1 aliphatic carbocycles.